The van der Waals surface area contributed by atoms with E-state index in [0.29, 0.717) is 5.92 Å². The van der Waals surface area contributed by atoms with E-state index in [0.717, 1.165) is 45.1 Å². The van der Waals surface area contributed by atoms with E-state index >= 15 is 0 Å². The Balaban J connectivity index is 2.00. The van der Waals surface area contributed by atoms with Crippen molar-refractivity contribution < 1.29 is 9.90 Å². The van der Waals surface area contributed by atoms with E-state index in [1.165, 1.54) is 0 Å². The number of amides is 1. The van der Waals surface area contributed by atoms with Crippen molar-refractivity contribution in [1.29, 1.82) is 0 Å². The maximum atomic E-state index is 12.6. The van der Waals surface area contributed by atoms with Crippen LogP contribution in [0.5, 0.6) is 0 Å². The highest BCUT2D eigenvalue weighted by Crippen LogP contribution is 2.31. The Kier molecular flexibility index (Phi) is 4.62. The molecule has 1 heterocycles. The Hall–Kier alpha value is -0.610. The number of aliphatic hydroxyl groups is 1. The highest BCUT2D eigenvalue weighted by Gasteiger charge is 2.35. The number of hydrogen-bond acceptors (Lipinski definition) is 3. The number of aliphatic hydroxyl groups excluding tert-OH is 1. The number of nitrogens with two attached hydrogens (primary N) is 1. The maximum Gasteiger partial charge on any atom is 0.226 e. The highest BCUT2D eigenvalue weighted by molar-refractivity contribution is 5.79. The summed E-state index contributed by atoms with van der Waals surface area (Å²) in [5, 5.41) is 9.39. The molecule has 2 fully saturated rings. The van der Waals surface area contributed by atoms with E-state index < -0.39 is 0 Å². The monoisotopic (exact) mass is 254 g/mol. The standard InChI is InChI=1S/C14H26N2O2/c1-10-6-11(8-12(15)7-10)14(18)16-5-3-2-4-13(16)9-17/h10-13,17H,2-9,15H2,1H3. The number of hydrogen-bond donors (Lipinski definition) is 2. The van der Waals surface area contributed by atoms with E-state index in [1.807, 2.05) is 4.90 Å². The largest absolute Gasteiger partial charge is 0.394 e. The molecule has 1 aliphatic heterocycles. The molecule has 1 amide bonds. The minimum absolute atomic E-state index is 0.0414. The second kappa shape index (κ2) is 6.02. The second-order valence-corrected chi connectivity index (χ2v) is 6.13. The van der Waals surface area contributed by atoms with Gasteiger partial charge in [0.15, 0.2) is 0 Å². The summed E-state index contributed by atoms with van der Waals surface area (Å²) in [5.74, 6) is 0.853. The summed E-state index contributed by atoms with van der Waals surface area (Å²) in [4.78, 5) is 14.5. The molecule has 4 atom stereocenters. The lowest BCUT2D eigenvalue weighted by Gasteiger charge is -2.39. The van der Waals surface area contributed by atoms with Crippen LogP contribution in [0.3, 0.4) is 0 Å². The molecule has 104 valence electrons. The van der Waals surface area contributed by atoms with Gasteiger partial charge in [-0.2, -0.15) is 0 Å². The first kappa shape index (κ1) is 13.8. The van der Waals surface area contributed by atoms with Crippen LogP contribution in [0.25, 0.3) is 0 Å². The molecule has 2 rings (SSSR count). The third-order valence-corrected chi connectivity index (χ3v) is 4.45. The number of nitrogens with zero attached hydrogens (tertiary/aromatic N) is 1. The van der Waals surface area contributed by atoms with Gasteiger partial charge in [-0.05, 0) is 44.4 Å². The summed E-state index contributed by atoms with van der Waals surface area (Å²) in [6.07, 6.45) is 5.94. The molecule has 4 unspecified atom stereocenters. The molecular formula is C14H26N2O2. The van der Waals surface area contributed by atoms with E-state index in [2.05, 4.69) is 6.92 Å². The molecular weight excluding hydrogens is 228 g/mol. The molecule has 4 heteroatoms. The Morgan fingerprint density at radius 3 is 2.78 bits per heavy atom. The summed E-state index contributed by atoms with van der Waals surface area (Å²) >= 11 is 0. The molecule has 0 radical (unpaired) electrons. The van der Waals surface area contributed by atoms with Crippen LogP contribution in [0.15, 0.2) is 0 Å². The van der Waals surface area contributed by atoms with Gasteiger partial charge in [0.25, 0.3) is 0 Å². The molecule has 0 aromatic rings. The van der Waals surface area contributed by atoms with Crippen molar-refractivity contribution in [3.8, 4) is 0 Å². The molecule has 1 saturated heterocycles. The highest BCUT2D eigenvalue weighted by atomic mass is 16.3. The Labute approximate surface area is 110 Å². The average Bonchev–Trinajstić information content (AvgIpc) is 2.36. The zero-order valence-corrected chi connectivity index (χ0v) is 11.3. The van der Waals surface area contributed by atoms with Gasteiger partial charge >= 0.3 is 0 Å². The summed E-state index contributed by atoms with van der Waals surface area (Å²) in [6, 6.07) is 0.208. The van der Waals surface area contributed by atoms with Crippen LogP contribution in [-0.4, -0.2) is 41.1 Å². The SMILES string of the molecule is CC1CC(N)CC(C(=O)N2CCCCC2CO)C1. The minimum Gasteiger partial charge on any atom is -0.394 e. The lowest BCUT2D eigenvalue weighted by Crippen LogP contribution is -2.50. The van der Waals surface area contributed by atoms with E-state index in [9.17, 15) is 9.90 Å². The first-order chi connectivity index (χ1) is 8.61. The first-order valence-corrected chi connectivity index (χ1v) is 7.28. The van der Waals surface area contributed by atoms with Crippen molar-refractivity contribution >= 4 is 5.91 Å². The molecule has 1 saturated carbocycles. The van der Waals surface area contributed by atoms with Crippen molar-refractivity contribution in [1.82, 2.24) is 4.90 Å². The summed E-state index contributed by atoms with van der Waals surface area (Å²) < 4.78 is 0. The molecule has 4 nitrogen and oxygen atoms in total. The van der Waals surface area contributed by atoms with Gasteiger partial charge < -0.3 is 15.7 Å². The van der Waals surface area contributed by atoms with Crippen molar-refractivity contribution in [3.05, 3.63) is 0 Å². The van der Waals surface area contributed by atoms with Crippen molar-refractivity contribution in [2.24, 2.45) is 17.6 Å². The van der Waals surface area contributed by atoms with Crippen LogP contribution in [0, 0.1) is 11.8 Å². The van der Waals surface area contributed by atoms with Crippen LogP contribution in [0.4, 0.5) is 0 Å². The van der Waals surface area contributed by atoms with Gasteiger partial charge in [0.05, 0.1) is 12.6 Å². The van der Waals surface area contributed by atoms with E-state index in [-0.39, 0.29) is 30.5 Å². The fourth-order valence-electron chi connectivity index (χ4n) is 3.57. The fourth-order valence-corrected chi connectivity index (χ4v) is 3.57. The lowest BCUT2D eigenvalue weighted by atomic mass is 9.78. The molecule has 0 aromatic carbocycles. The molecule has 18 heavy (non-hydrogen) atoms. The lowest BCUT2D eigenvalue weighted by molar-refractivity contribution is -0.142. The van der Waals surface area contributed by atoms with Crippen LogP contribution >= 0.6 is 0 Å². The van der Waals surface area contributed by atoms with Crippen LogP contribution < -0.4 is 5.73 Å². The minimum atomic E-state index is 0.0414. The maximum absolute atomic E-state index is 12.6. The molecule has 2 aliphatic rings. The van der Waals surface area contributed by atoms with E-state index in [4.69, 9.17) is 5.73 Å². The van der Waals surface area contributed by atoms with Crippen LogP contribution in [-0.2, 0) is 4.79 Å². The Bertz CT molecular complexity index is 286. The summed E-state index contributed by atoms with van der Waals surface area (Å²) in [5.41, 5.74) is 6.03. The predicted molar refractivity (Wildman–Crippen MR) is 70.9 cm³/mol. The molecule has 0 aromatic heterocycles. The number of likely N-dealkylation sites (tertiary alicyclic amines) is 1. The van der Waals surface area contributed by atoms with Gasteiger partial charge in [-0.25, -0.2) is 0 Å². The zero-order chi connectivity index (χ0) is 13.1. The molecule has 3 N–H and O–H groups in total. The normalized spacial score (nSPS) is 37.6. The van der Waals surface area contributed by atoms with Crippen molar-refractivity contribution in [3.63, 3.8) is 0 Å². The van der Waals surface area contributed by atoms with E-state index in [1.54, 1.807) is 0 Å². The molecule has 1 aliphatic carbocycles. The van der Waals surface area contributed by atoms with Gasteiger partial charge in [-0.3, -0.25) is 4.79 Å². The third-order valence-electron chi connectivity index (χ3n) is 4.45. The van der Waals surface area contributed by atoms with Gasteiger partial charge in [0.2, 0.25) is 5.91 Å². The topological polar surface area (TPSA) is 66.6 Å². The zero-order valence-electron chi connectivity index (χ0n) is 11.3. The van der Waals surface area contributed by atoms with Gasteiger partial charge in [0, 0.05) is 18.5 Å². The average molecular weight is 254 g/mol. The smallest absolute Gasteiger partial charge is 0.226 e. The van der Waals surface area contributed by atoms with Crippen molar-refractivity contribution in [2.75, 3.05) is 13.2 Å². The number of piperidine rings is 1. The van der Waals surface area contributed by atoms with Crippen molar-refractivity contribution in [2.45, 2.75) is 57.5 Å². The second-order valence-electron chi connectivity index (χ2n) is 6.13. The summed E-state index contributed by atoms with van der Waals surface area (Å²) in [7, 11) is 0. The van der Waals surface area contributed by atoms with Crippen LogP contribution in [0.1, 0.15) is 45.4 Å². The first-order valence-electron chi connectivity index (χ1n) is 7.28. The van der Waals surface area contributed by atoms with Gasteiger partial charge in [0.1, 0.15) is 0 Å². The Morgan fingerprint density at radius 1 is 1.33 bits per heavy atom. The Morgan fingerprint density at radius 2 is 2.11 bits per heavy atom. The number of carbonyl (C=O) groups is 1. The van der Waals surface area contributed by atoms with Crippen LogP contribution in [0.2, 0.25) is 0 Å². The van der Waals surface area contributed by atoms with Gasteiger partial charge in [-0.1, -0.05) is 6.92 Å². The van der Waals surface area contributed by atoms with Gasteiger partial charge in [-0.15, -0.1) is 0 Å². The predicted octanol–water partition coefficient (Wildman–Crippen LogP) is 1.12. The third kappa shape index (κ3) is 3.04. The molecule has 0 bridgehead atoms. The molecule has 0 spiro atoms. The summed E-state index contributed by atoms with van der Waals surface area (Å²) in [6.45, 7) is 3.09. The quantitative estimate of drug-likeness (QED) is 0.776. The fraction of sp³-hybridized carbons (Fsp3) is 0.929. The number of carbonyl (C=O) groups excluding carboxylic acids is 1. The number of rotatable bonds is 2.